The smallest absolute Gasteiger partial charge is 0.352 e. The summed E-state index contributed by atoms with van der Waals surface area (Å²) in [6.07, 6.45) is 0.664. The van der Waals surface area contributed by atoms with Gasteiger partial charge in [-0.05, 0) is 54.3 Å². The van der Waals surface area contributed by atoms with E-state index in [-0.39, 0.29) is 24.0 Å². The van der Waals surface area contributed by atoms with Crippen LogP contribution in [0.4, 0.5) is 18.9 Å². The summed E-state index contributed by atoms with van der Waals surface area (Å²) in [6, 6.07) is 16.8. The fourth-order valence-corrected chi connectivity index (χ4v) is 6.74. The maximum Gasteiger partial charge on any atom is 0.416 e. The van der Waals surface area contributed by atoms with Gasteiger partial charge < -0.3 is 10.2 Å². The van der Waals surface area contributed by atoms with Crippen LogP contribution in [0, 0.1) is 0 Å². The molecule has 45 heavy (non-hydrogen) atoms. The highest BCUT2D eigenvalue weighted by Gasteiger charge is 2.36. The molecule has 0 saturated heterocycles. The fraction of sp³-hybridized carbons (Fsp3) is 0.375. The lowest BCUT2D eigenvalue weighted by Gasteiger charge is -2.35. The summed E-state index contributed by atoms with van der Waals surface area (Å²) in [4.78, 5) is 29.5. The van der Waals surface area contributed by atoms with Gasteiger partial charge in [-0.15, -0.1) is 0 Å². The van der Waals surface area contributed by atoms with E-state index >= 15 is 0 Å². The number of sulfonamides is 1. The van der Waals surface area contributed by atoms with Crippen LogP contribution >= 0.6 is 23.2 Å². The first-order valence-corrected chi connectivity index (χ1v) is 17.1. The van der Waals surface area contributed by atoms with E-state index in [0.717, 1.165) is 56.1 Å². The molecule has 2 amide bonds. The van der Waals surface area contributed by atoms with Crippen molar-refractivity contribution in [1.29, 1.82) is 0 Å². The third-order valence-electron chi connectivity index (χ3n) is 7.69. The van der Waals surface area contributed by atoms with Crippen molar-refractivity contribution in [1.82, 2.24) is 10.2 Å². The minimum Gasteiger partial charge on any atom is -0.352 e. The van der Waals surface area contributed by atoms with Gasteiger partial charge in [0.1, 0.15) is 12.6 Å². The molecular weight excluding hydrogens is 650 g/mol. The summed E-state index contributed by atoms with van der Waals surface area (Å²) >= 11 is 12.4. The minimum absolute atomic E-state index is 0.0796. The van der Waals surface area contributed by atoms with Crippen molar-refractivity contribution >= 4 is 50.7 Å². The van der Waals surface area contributed by atoms with Gasteiger partial charge in [-0.3, -0.25) is 13.9 Å². The van der Waals surface area contributed by atoms with Crippen molar-refractivity contribution in [2.75, 3.05) is 17.1 Å². The Kier molecular flexibility index (Phi) is 11.4. The van der Waals surface area contributed by atoms with Gasteiger partial charge in [-0.1, -0.05) is 84.9 Å². The molecule has 0 unspecified atom stereocenters. The van der Waals surface area contributed by atoms with Gasteiger partial charge in [0.05, 0.1) is 22.5 Å². The normalized spacial score (nSPS) is 14.9. The van der Waals surface area contributed by atoms with Gasteiger partial charge in [-0.2, -0.15) is 13.2 Å². The monoisotopic (exact) mass is 683 g/mol. The van der Waals surface area contributed by atoms with E-state index in [9.17, 15) is 31.2 Å². The van der Waals surface area contributed by atoms with Crippen molar-refractivity contribution in [3.05, 3.63) is 99.5 Å². The second-order valence-corrected chi connectivity index (χ2v) is 13.9. The van der Waals surface area contributed by atoms with Crippen molar-refractivity contribution in [2.45, 2.75) is 63.3 Å². The number of benzene rings is 3. The number of hydrogen-bond donors (Lipinski definition) is 1. The first-order chi connectivity index (χ1) is 21.2. The van der Waals surface area contributed by atoms with Gasteiger partial charge in [0.15, 0.2) is 0 Å². The predicted octanol–water partition coefficient (Wildman–Crippen LogP) is 6.87. The quantitative estimate of drug-likeness (QED) is 0.239. The molecular formula is C32H34Cl2F3N3O4S. The molecule has 0 aromatic heterocycles. The molecule has 13 heteroatoms. The zero-order valence-electron chi connectivity index (χ0n) is 24.6. The third-order valence-corrected chi connectivity index (χ3v) is 9.37. The maximum absolute atomic E-state index is 14.2. The van der Waals surface area contributed by atoms with Crippen LogP contribution in [-0.4, -0.2) is 50.0 Å². The van der Waals surface area contributed by atoms with Gasteiger partial charge in [-0.25, -0.2) is 8.42 Å². The van der Waals surface area contributed by atoms with Crippen molar-refractivity contribution in [3.8, 4) is 0 Å². The number of halogens is 5. The zero-order valence-corrected chi connectivity index (χ0v) is 26.9. The third kappa shape index (κ3) is 9.61. The van der Waals surface area contributed by atoms with Crippen molar-refractivity contribution < 1.29 is 31.2 Å². The summed E-state index contributed by atoms with van der Waals surface area (Å²) in [7, 11) is -4.33. The second kappa shape index (κ2) is 14.9. The Morgan fingerprint density at radius 1 is 0.933 bits per heavy atom. The molecule has 0 heterocycles. The van der Waals surface area contributed by atoms with Gasteiger partial charge in [0.2, 0.25) is 21.8 Å². The van der Waals surface area contributed by atoms with Crippen LogP contribution in [-0.2, 0) is 38.8 Å². The van der Waals surface area contributed by atoms with E-state index in [0.29, 0.717) is 21.0 Å². The van der Waals surface area contributed by atoms with Crippen LogP contribution in [0.2, 0.25) is 10.0 Å². The van der Waals surface area contributed by atoms with E-state index in [1.165, 1.54) is 4.90 Å². The zero-order chi connectivity index (χ0) is 32.8. The van der Waals surface area contributed by atoms with Crippen LogP contribution in [0.3, 0.4) is 0 Å². The number of carbonyl (C=O) groups is 2. The molecule has 1 aliphatic rings. The second-order valence-electron chi connectivity index (χ2n) is 11.1. The molecule has 0 bridgehead atoms. The van der Waals surface area contributed by atoms with E-state index in [4.69, 9.17) is 23.2 Å². The van der Waals surface area contributed by atoms with Gasteiger partial charge in [0, 0.05) is 24.0 Å². The van der Waals surface area contributed by atoms with Gasteiger partial charge in [0.25, 0.3) is 0 Å². The largest absolute Gasteiger partial charge is 0.416 e. The van der Waals surface area contributed by atoms with E-state index in [2.05, 4.69) is 5.32 Å². The predicted molar refractivity (Wildman–Crippen MR) is 170 cm³/mol. The van der Waals surface area contributed by atoms with E-state index < -0.39 is 51.9 Å². The Bertz CT molecular complexity index is 1600. The molecule has 1 atom stereocenters. The Balaban J connectivity index is 1.77. The lowest BCUT2D eigenvalue weighted by molar-refractivity contribution is -0.140. The van der Waals surface area contributed by atoms with Crippen molar-refractivity contribution in [2.24, 2.45) is 0 Å². The number of hydrogen-bond acceptors (Lipinski definition) is 4. The highest BCUT2D eigenvalue weighted by molar-refractivity contribution is 7.92. The van der Waals surface area contributed by atoms with E-state index in [1.54, 1.807) is 36.4 Å². The number of nitrogens with one attached hydrogen (secondary N) is 1. The average molecular weight is 685 g/mol. The summed E-state index contributed by atoms with van der Waals surface area (Å²) < 4.78 is 67.2. The van der Waals surface area contributed by atoms with Crippen molar-refractivity contribution in [3.63, 3.8) is 0 Å². The highest BCUT2D eigenvalue weighted by atomic mass is 35.5. The molecule has 1 saturated carbocycles. The summed E-state index contributed by atoms with van der Waals surface area (Å²) in [5.41, 5.74) is -0.308. The molecule has 0 aliphatic heterocycles. The molecule has 4 rings (SSSR count). The molecule has 7 nitrogen and oxygen atoms in total. The minimum atomic E-state index is -4.79. The molecule has 242 valence electrons. The molecule has 0 spiro atoms. The summed E-state index contributed by atoms with van der Waals surface area (Å²) in [6.45, 7) is -1.02. The summed E-state index contributed by atoms with van der Waals surface area (Å²) in [5, 5.41) is 3.18. The van der Waals surface area contributed by atoms with Gasteiger partial charge >= 0.3 is 6.18 Å². The Morgan fingerprint density at radius 3 is 2.22 bits per heavy atom. The topological polar surface area (TPSA) is 86.8 Å². The Labute approximate surface area is 271 Å². The van der Waals surface area contributed by atoms with E-state index in [1.807, 2.05) is 18.2 Å². The first kappa shape index (κ1) is 34.6. The average Bonchev–Trinajstić information content (AvgIpc) is 2.98. The fourth-order valence-electron chi connectivity index (χ4n) is 5.41. The van der Waals surface area contributed by atoms with Crippen LogP contribution < -0.4 is 9.62 Å². The van der Waals surface area contributed by atoms with Crippen LogP contribution in [0.15, 0.2) is 72.8 Å². The standard InChI is InChI=1S/C32H34Cl2F3N3O4S/c1-45(43,44)40(28-19-24(32(35,36)37)15-16-27(28)34)21-30(41)39(20-23-11-8-12-25(33)17-23)29(18-22-9-4-2-5-10-22)31(42)38-26-13-6-3-7-14-26/h2,4-5,8-12,15-17,19,26,29H,3,6-7,13-14,18,20-21H2,1H3,(H,38,42)/t29-/m1/s1. The van der Waals surface area contributed by atoms with Crippen LogP contribution in [0.1, 0.15) is 48.8 Å². The number of amides is 2. The Hall–Kier alpha value is -3.28. The maximum atomic E-state index is 14.2. The Morgan fingerprint density at radius 2 is 1.60 bits per heavy atom. The van der Waals surface area contributed by atoms with Crippen LogP contribution in [0.25, 0.3) is 0 Å². The lowest BCUT2D eigenvalue weighted by Crippen LogP contribution is -2.55. The molecule has 1 fully saturated rings. The molecule has 0 radical (unpaired) electrons. The number of rotatable bonds is 11. The number of anilines is 1. The number of nitrogens with zero attached hydrogens (tertiary/aromatic N) is 2. The lowest BCUT2D eigenvalue weighted by atomic mass is 9.94. The molecule has 3 aromatic carbocycles. The number of alkyl halides is 3. The number of carbonyl (C=O) groups excluding carboxylic acids is 2. The van der Waals surface area contributed by atoms with Crippen LogP contribution in [0.5, 0.6) is 0 Å². The molecule has 3 aromatic rings. The SMILES string of the molecule is CS(=O)(=O)N(CC(=O)N(Cc1cccc(Cl)c1)[C@H](Cc1ccccc1)C(=O)NC1CCCCC1)c1cc(C(F)(F)F)ccc1Cl. The highest BCUT2D eigenvalue weighted by Crippen LogP contribution is 2.36. The molecule has 1 aliphatic carbocycles. The summed E-state index contributed by atoms with van der Waals surface area (Å²) in [5.74, 6) is -1.22. The molecule has 1 N–H and O–H groups in total. The first-order valence-electron chi connectivity index (χ1n) is 14.4.